The van der Waals surface area contributed by atoms with Crippen molar-refractivity contribution in [2.24, 2.45) is 0 Å². The second-order valence-electron chi connectivity index (χ2n) is 3.87. The highest BCUT2D eigenvalue weighted by molar-refractivity contribution is 6.36. The summed E-state index contributed by atoms with van der Waals surface area (Å²) >= 11 is 17.6. The molecule has 4 heteroatoms. The lowest BCUT2D eigenvalue weighted by molar-refractivity contribution is 0.104. The number of benzene rings is 2. The highest BCUT2D eigenvalue weighted by atomic mass is 35.5. The van der Waals surface area contributed by atoms with E-state index in [1.165, 1.54) is 6.08 Å². The van der Waals surface area contributed by atoms with Crippen molar-refractivity contribution in [1.29, 1.82) is 0 Å². The van der Waals surface area contributed by atoms with Gasteiger partial charge in [0.15, 0.2) is 5.78 Å². The Morgan fingerprint density at radius 3 is 2.21 bits per heavy atom. The number of halogens is 3. The molecule has 2 rings (SSSR count). The molecule has 19 heavy (non-hydrogen) atoms. The average Bonchev–Trinajstić information content (AvgIpc) is 2.40. The normalized spacial score (nSPS) is 10.9. The van der Waals surface area contributed by atoms with Gasteiger partial charge in [-0.15, -0.1) is 0 Å². The van der Waals surface area contributed by atoms with Crippen LogP contribution in [0, 0.1) is 0 Å². The predicted octanol–water partition coefficient (Wildman–Crippen LogP) is 5.54. The summed E-state index contributed by atoms with van der Waals surface area (Å²) in [6.07, 6.45) is 3.16. The van der Waals surface area contributed by atoms with Gasteiger partial charge in [0.2, 0.25) is 0 Å². The van der Waals surface area contributed by atoms with Gasteiger partial charge in [0.25, 0.3) is 0 Å². The zero-order valence-electron chi connectivity index (χ0n) is 9.74. The maximum atomic E-state index is 12.0. The van der Waals surface area contributed by atoms with Gasteiger partial charge in [-0.05, 0) is 42.0 Å². The van der Waals surface area contributed by atoms with E-state index in [-0.39, 0.29) is 5.78 Å². The van der Waals surface area contributed by atoms with Gasteiger partial charge in [-0.1, -0.05) is 53.0 Å². The molecule has 96 valence electrons. The predicted molar refractivity (Wildman–Crippen MR) is 81.3 cm³/mol. The van der Waals surface area contributed by atoms with Crippen LogP contribution < -0.4 is 0 Å². The standard InChI is InChI=1S/C15H9Cl3O/c16-11-4-1-10(2-5-11)3-8-15(19)13-9-12(17)6-7-14(13)18/h1-9H. The van der Waals surface area contributed by atoms with Crippen LogP contribution in [0.1, 0.15) is 15.9 Å². The largest absolute Gasteiger partial charge is 0.289 e. The van der Waals surface area contributed by atoms with Crippen LogP contribution in [-0.4, -0.2) is 5.78 Å². The molecule has 0 saturated carbocycles. The summed E-state index contributed by atoms with van der Waals surface area (Å²) in [5.41, 5.74) is 1.27. The monoisotopic (exact) mass is 310 g/mol. The third kappa shape index (κ3) is 3.84. The van der Waals surface area contributed by atoms with Crippen molar-refractivity contribution in [3.63, 3.8) is 0 Å². The molecular formula is C15H9Cl3O. The minimum atomic E-state index is -0.192. The second-order valence-corrected chi connectivity index (χ2v) is 5.15. The number of rotatable bonds is 3. The fraction of sp³-hybridized carbons (Fsp3) is 0. The molecule has 2 aromatic rings. The van der Waals surface area contributed by atoms with Crippen LogP contribution in [0.5, 0.6) is 0 Å². The summed E-state index contributed by atoms with van der Waals surface area (Å²) in [6.45, 7) is 0. The van der Waals surface area contributed by atoms with E-state index in [4.69, 9.17) is 34.8 Å². The van der Waals surface area contributed by atoms with Crippen LogP contribution in [0.15, 0.2) is 48.5 Å². The van der Waals surface area contributed by atoms with Gasteiger partial charge < -0.3 is 0 Å². The van der Waals surface area contributed by atoms with E-state index < -0.39 is 0 Å². The van der Waals surface area contributed by atoms with Crippen molar-refractivity contribution in [3.8, 4) is 0 Å². The van der Waals surface area contributed by atoms with Gasteiger partial charge in [-0.3, -0.25) is 4.79 Å². The van der Waals surface area contributed by atoms with Crippen LogP contribution in [0.25, 0.3) is 6.08 Å². The fourth-order valence-corrected chi connectivity index (χ4v) is 2.03. The van der Waals surface area contributed by atoms with Crippen molar-refractivity contribution < 1.29 is 4.79 Å². The van der Waals surface area contributed by atoms with E-state index in [2.05, 4.69) is 0 Å². The highest BCUT2D eigenvalue weighted by Gasteiger charge is 2.07. The maximum Gasteiger partial charge on any atom is 0.187 e. The maximum absolute atomic E-state index is 12.0. The number of carbonyl (C=O) groups excluding carboxylic acids is 1. The first-order valence-corrected chi connectivity index (χ1v) is 6.63. The molecule has 0 aromatic heterocycles. The molecule has 1 nitrogen and oxygen atoms in total. The smallest absolute Gasteiger partial charge is 0.187 e. The Morgan fingerprint density at radius 2 is 1.53 bits per heavy atom. The molecule has 0 amide bonds. The van der Waals surface area contributed by atoms with Gasteiger partial charge in [-0.2, -0.15) is 0 Å². The first-order chi connectivity index (χ1) is 9.06. The lowest BCUT2D eigenvalue weighted by Gasteiger charge is -2.00. The summed E-state index contributed by atoms with van der Waals surface area (Å²) in [7, 11) is 0. The van der Waals surface area contributed by atoms with Crippen molar-refractivity contribution >= 4 is 46.7 Å². The fourth-order valence-electron chi connectivity index (χ4n) is 1.52. The molecule has 0 radical (unpaired) electrons. The third-order valence-corrected chi connectivity index (χ3v) is 3.31. The van der Waals surface area contributed by atoms with E-state index in [1.54, 1.807) is 36.4 Å². The van der Waals surface area contributed by atoms with Gasteiger partial charge >= 0.3 is 0 Å². The molecule has 2 aromatic carbocycles. The molecule has 0 bridgehead atoms. The molecule has 0 spiro atoms. The minimum absolute atomic E-state index is 0.192. The molecule has 0 atom stereocenters. The van der Waals surface area contributed by atoms with Crippen LogP contribution in [0.2, 0.25) is 15.1 Å². The molecule has 0 aliphatic rings. The second kappa shape index (κ2) is 6.25. The third-order valence-electron chi connectivity index (χ3n) is 2.49. The zero-order chi connectivity index (χ0) is 13.8. The van der Waals surface area contributed by atoms with E-state index in [9.17, 15) is 4.79 Å². The Kier molecular flexibility index (Phi) is 4.65. The van der Waals surface area contributed by atoms with Crippen LogP contribution >= 0.6 is 34.8 Å². The van der Waals surface area contributed by atoms with Crippen LogP contribution in [0.3, 0.4) is 0 Å². The summed E-state index contributed by atoms with van der Waals surface area (Å²) < 4.78 is 0. The quantitative estimate of drug-likeness (QED) is 0.537. The van der Waals surface area contributed by atoms with Crippen molar-refractivity contribution in [2.45, 2.75) is 0 Å². The Balaban J connectivity index is 2.21. The summed E-state index contributed by atoms with van der Waals surface area (Å²) in [5, 5.41) is 1.52. The first kappa shape index (κ1) is 14.1. The Morgan fingerprint density at radius 1 is 0.895 bits per heavy atom. The SMILES string of the molecule is O=C(C=Cc1ccc(Cl)cc1)c1cc(Cl)ccc1Cl. The van der Waals surface area contributed by atoms with Crippen molar-refractivity contribution in [3.05, 3.63) is 74.7 Å². The average molecular weight is 312 g/mol. The van der Waals surface area contributed by atoms with Gasteiger partial charge in [0.05, 0.1) is 5.02 Å². The molecule has 0 aliphatic heterocycles. The van der Waals surface area contributed by atoms with Crippen LogP contribution in [0.4, 0.5) is 0 Å². The molecule has 0 aliphatic carbocycles. The topological polar surface area (TPSA) is 17.1 Å². The van der Waals surface area contributed by atoms with Crippen molar-refractivity contribution in [1.82, 2.24) is 0 Å². The number of carbonyl (C=O) groups is 1. The number of allylic oxidation sites excluding steroid dienone is 1. The molecule has 0 fully saturated rings. The molecular weight excluding hydrogens is 303 g/mol. The zero-order valence-corrected chi connectivity index (χ0v) is 12.0. The number of hydrogen-bond acceptors (Lipinski definition) is 1. The van der Waals surface area contributed by atoms with Gasteiger partial charge in [-0.25, -0.2) is 0 Å². The Bertz CT molecular complexity index is 630. The molecule has 0 N–H and O–H groups in total. The Labute approximate surface area is 126 Å². The van der Waals surface area contributed by atoms with Crippen molar-refractivity contribution in [2.75, 3.05) is 0 Å². The van der Waals surface area contributed by atoms with Gasteiger partial charge in [0.1, 0.15) is 0 Å². The summed E-state index contributed by atoms with van der Waals surface area (Å²) in [5.74, 6) is -0.192. The first-order valence-electron chi connectivity index (χ1n) is 5.49. The lowest BCUT2D eigenvalue weighted by atomic mass is 10.1. The van der Waals surface area contributed by atoms with Crippen LogP contribution in [-0.2, 0) is 0 Å². The van der Waals surface area contributed by atoms with Gasteiger partial charge in [0, 0.05) is 15.6 Å². The summed E-state index contributed by atoms with van der Waals surface area (Å²) in [6, 6.07) is 12.0. The number of hydrogen-bond donors (Lipinski definition) is 0. The van der Waals surface area contributed by atoms with E-state index in [0.717, 1.165) is 5.56 Å². The highest BCUT2D eigenvalue weighted by Crippen LogP contribution is 2.21. The molecule has 0 saturated heterocycles. The minimum Gasteiger partial charge on any atom is -0.289 e. The summed E-state index contributed by atoms with van der Waals surface area (Å²) in [4.78, 5) is 12.0. The molecule has 0 unspecified atom stereocenters. The molecule has 0 heterocycles. The lowest BCUT2D eigenvalue weighted by Crippen LogP contribution is -1.95. The van der Waals surface area contributed by atoms with E-state index in [1.807, 2.05) is 12.1 Å². The number of ketones is 1. The Hall–Kier alpha value is -1.28. The van der Waals surface area contributed by atoms with E-state index >= 15 is 0 Å². The van der Waals surface area contributed by atoms with E-state index in [0.29, 0.717) is 20.6 Å².